The highest BCUT2D eigenvalue weighted by molar-refractivity contribution is 5.89. The molecule has 0 aliphatic carbocycles. The van der Waals surface area contributed by atoms with Crippen LogP contribution in [0, 0.1) is 6.92 Å². The van der Waals surface area contributed by atoms with E-state index in [-0.39, 0.29) is 6.10 Å². The van der Waals surface area contributed by atoms with Crippen molar-refractivity contribution in [1.82, 2.24) is 0 Å². The van der Waals surface area contributed by atoms with Crippen molar-refractivity contribution in [2.75, 3.05) is 0 Å². The maximum absolute atomic E-state index is 10.8. The second-order valence-electron chi connectivity index (χ2n) is 3.54. The van der Waals surface area contributed by atoms with E-state index in [9.17, 15) is 4.79 Å². The zero-order valence-electron chi connectivity index (χ0n) is 8.99. The quantitative estimate of drug-likeness (QED) is 0.825. The lowest BCUT2D eigenvalue weighted by Gasteiger charge is -2.11. The van der Waals surface area contributed by atoms with Gasteiger partial charge in [0.05, 0.1) is 11.7 Å². The zero-order valence-corrected chi connectivity index (χ0v) is 8.99. The van der Waals surface area contributed by atoms with Gasteiger partial charge in [0, 0.05) is 0 Å². The number of hydrogen-bond donors (Lipinski definition) is 1. The van der Waals surface area contributed by atoms with E-state index in [4.69, 9.17) is 9.84 Å². The van der Waals surface area contributed by atoms with E-state index < -0.39 is 5.97 Å². The lowest BCUT2D eigenvalue weighted by Crippen LogP contribution is -2.07. The number of aromatic carboxylic acids is 1. The molecule has 0 bridgehead atoms. The van der Waals surface area contributed by atoms with Crippen LogP contribution in [0.5, 0.6) is 5.75 Å². The van der Waals surface area contributed by atoms with Crippen LogP contribution in [0.2, 0.25) is 0 Å². The summed E-state index contributed by atoms with van der Waals surface area (Å²) < 4.78 is 5.47. The molecule has 0 aromatic heterocycles. The van der Waals surface area contributed by atoms with Crippen molar-refractivity contribution in [3.05, 3.63) is 36.2 Å². The molecule has 1 N–H and O–H groups in total. The van der Waals surface area contributed by atoms with Crippen LogP contribution in [0.1, 0.15) is 29.8 Å². The Hall–Kier alpha value is -1.51. The Kier molecular flexibility index (Phi) is 3.72. The van der Waals surface area contributed by atoms with Gasteiger partial charge in [-0.1, -0.05) is 0 Å². The van der Waals surface area contributed by atoms with Crippen molar-refractivity contribution >= 4 is 5.97 Å². The van der Waals surface area contributed by atoms with Gasteiger partial charge >= 0.3 is 5.97 Å². The van der Waals surface area contributed by atoms with Gasteiger partial charge in [-0.25, -0.2) is 4.79 Å². The summed E-state index contributed by atoms with van der Waals surface area (Å²) in [6, 6.07) is 4.96. The van der Waals surface area contributed by atoms with E-state index in [0.29, 0.717) is 23.3 Å². The molecule has 0 fully saturated rings. The predicted molar refractivity (Wildman–Crippen MR) is 58.2 cm³/mol. The van der Waals surface area contributed by atoms with Gasteiger partial charge in [0.15, 0.2) is 0 Å². The van der Waals surface area contributed by atoms with E-state index in [1.54, 1.807) is 18.2 Å². The van der Waals surface area contributed by atoms with Crippen LogP contribution in [0.4, 0.5) is 0 Å². The maximum atomic E-state index is 10.8. The second kappa shape index (κ2) is 4.82. The fourth-order valence-corrected chi connectivity index (χ4v) is 1.33. The Labute approximate surface area is 89.7 Å². The Balaban J connectivity index is 3.02. The Morgan fingerprint density at radius 1 is 1.53 bits per heavy atom. The van der Waals surface area contributed by atoms with Gasteiger partial charge in [0.25, 0.3) is 0 Å². The van der Waals surface area contributed by atoms with E-state index >= 15 is 0 Å². The molecule has 0 saturated carbocycles. The summed E-state index contributed by atoms with van der Waals surface area (Å²) in [5.74, 6) is -0.238. The minimum absolute atomic E-state index is 0.0818. The summed E-state index contributed by atoms with van der Waals surface area (Å²) in [5.41, 5.74) is 0.988. The average Bonchev–Trinajstić information content (AvgIpc) is 2.16. The summed E-state index contributed by atoms with van der Waals surface area (Å²) in [6.45, 7) is 7.55. The molecule has 15 heavy (non-hydrogen) atoms. The maximum Gasteiger partial charge on any atom is 0.335 e. The topological polar surface area (TPSA) is 46.5 Å². The third-order valence-corrected chi connectivity index (χ3v) is 1.95. The zero-order chi connectivity index (χ0) is 11.4. The number of benzene rings is 1. The van der Waals surface area contributed by atoms with Crippen LogP contribution in [0.15, 0.2) is 18.2 Å². The molecule has 0 unspecified atom stereocenters. The second-order valence-corrected chi connectivity index (χ2v) is 3.54. The standard InChI is InChI=1S/C12H15O3/c1-4-9-7-10(15-8(2)3)5-6-11(9)12(13)14/h5-8H,1,4H2,2-3H3,(H,13,14). The van der Waals surface area contributed by atoms with Crippen molar-refractivity contribution in [3.8, 4) is 5.75 Å². The molecule has 0 heterocycles. The normalized spacial score (nSPS) is 10.4. The Bertz CT molecular complexity index is 356. The van der Waals surface area contributed by atoms with Gasteiger partial charge in [-0.15, -0.1) is 0 Å². The molecule has 0 aliphatic rings. The number of carbonyl (C=O) groups is 1. The third-order valence-electron chi connectivity index (χ3n) is 1.95. The summed E-state index contributed by atoms with van der Waals surface area (Å²) in [5, 5.41) is 8.90. The molecule has 1 aromatic carbocycles. The van der Waals surface area contributed by atoms with E-state index in [2.05, 4.69) is 6.92 Å². The van der Waals surface area contributed by atoms with Crippen LogP contribution in [0.25, 0.3) is 0 Å². The predicted octanol–water partition coefficient (Wildman–Crippen LogP) is 2.55. The first kappa shape index (κ1) is 11.6. The minimum Gasteiger partial charge on any atom is -0.491 e. The van der Waals surface area contributed by atoms with Gasteiger partial charge in [0.1, 0.15) is 5.75 Å². The first-order valence-corrected chi connectivity index (χ1v) is 4.86. The van der Waals surface area contributed by atoms with Gasteiger partial charge < -0.3 is 9.84 Å². The molecule has 1 rings (SSSR count). The molecule has 0 aliphatic heterocycles. The van der Waals surface area contributed by atoms with Crippen molar-refractivity contribution in [3.63, 3.8) is 0 Å². The van der Waals surface area contributed by atoms with Crippen LogP contribution in [-0.2, 0) is 6.42 Å². The largest absolute Gasteiger partial charge is 0.491 e. The van der Waals surface area contributed by atoms with Gasteiger partial charge in [0.2, 0.25) is 0 Å². The van der Waals surface area contributed by atoms with Crippen LogP contribution < -0.4 is 4.74 Å². The molecule has 81 valence electrons. The smallest absolute Gasteiger partial charge is 0.335 e. The Morgan fingerprint density at radius 3 is 2.67 bits per heavy atom. The summed E-state index contributed by atoms with van der Waals surface area (Å²) in [6.07, 6.45) is 0.523. The average molecular weight is 207 g/mol. The first-order chi connectivity index (χ1) is 7.04. The van der Waals surface area contributed by atoms with Crippen molar-refractivity contribution in [1.29, 1.82) is 0 Å². The minimum atomic E-state index is -0.926. The van der Waals surface area contributed by atoms with Crippen LogP contribution in [0.3, 0.4) is 0 Å². The van der Waals surface area contributed by atoms with Crippen LogP contribution in [-0.4, -0.2) is 17.2 Å². The highest BCUT2D eigenvalue weighted by atomic mass is 16.5. The van der Waals surface area contributed by atoms with Crippen molar-refractivity contribution < 1.29 is 14.6 Å². The fraction of sp³-hybridized carbons (Fsp3) is 0.333. The van der Waals surface area contributed by atoms with Gasteiger partial charge in [-0.3, -0.25) is 0 Å². The first-order valence-electron chi connectivity index (χ1n) is 4.86. The molecule has 0 saturated heterocycles. The molecule has 1 radical (unpaired) electrons. The summed E-state index contributed by atoms with van der Waals surface area (Å²) in [7, 11) is 0. The van der Waals surface area contributed by atoms with Crippen molar-refractivity contribution in [2.45, 2.75) is 26.4 Å². The summed E-state index contributed by atoms with van der Waals surface area (Å²) in [4.78, 5) is 10.8. The molecule has 3 heteroatoms. The van der Waals surface area contributed by atoms with E-state index in [1.165, 1.54) is 0 Å². The van der Waals surface area contributed by atoms with E-state index in [0.717, 1.165) is 0 Å². The molecule has 1 aromatic rings. The van der Waals surface area contributed by atoms with Gasteiger partial charge in [-0.05, 0) is 51.0 Å². The fourth-order valence-electron chi connectivity index (χ4n) is 1.33. The third kappa shape index (κ3) is 2.98. The molecular weight excluding hydrogens is 192 g/mol. The molecule has 0 amide bonds. The van der Waals surface area contributed by atoms with Gasteiger partial charge in [-0.2, -0.15) is 0 Å². The number of rotatable bonds is 4. The number of ether oxygens (including phenoxy) is 1. The molecule has 0 spiro atoms. The number of carboxylic acid groups (broad SMARTS) is 1. The highest BCUT2D eigenvalue weighted by Gasteiger charge is 2.10. The van der Waals surface area contributed by atoms with E-state index in [1.807, 2.05) is 13.8 Å². The summed E-state index contributed by atoms with van der Waals surface area (Å²) >= 11 is 0. The lowest BCUT2D eigenvalue weighted by molar-refractivity contribution is 0.0696. The Morgan fingerprint density at radius 2 is 2.20 bits per heavy atom. The van der Waals surface area contributed by atoms with Crippen molar-refractivity contribution in [2.24, 2.45) is 0 Å². The highest BCUT2D eigenvalue weighted by Crippen LogP contribution is 2.19. The molecule has 0 atom stereocenters. The number of hydrogen-bond acceptors (Lipinski definition) is 2. The molecular formula is C12H15O3. The lowest BCUT2D eigenvalue weighted by atomic mass is 10.1. The SMILES string of the molecule is [CH2]Cc1cc(OC(C)C)ccc1C(=O)O. The number of carboxylic acids is 1. The van der Waals surface area contributed by atoms with Crippen LogP contribution >= 0.6 is 0 Å². The monoisotopic (exact) mass is 207 g/mol. The molecule has 3 nitrogen and oxygen atoms in total.